The molecule has 0 spiro atoms. The van der Waals surface area contributed by atoms with Crippen LogP contribution in [0.25, 0.3) is 11.4 Å². The number of benzene rings is 1. The third-order valence-corrected chi connectivity index (χ3v) is 2.92. The van der Waals surface area contributed by atoms with Crippen molar-refractivity contribution in [3.05, 3.63) is 44.4 Å². The zero-order valence-electron chi connectivity index (χ0n) is 11.5. The zero-order valence-corrected chi connectivity index (χ0v) is 13.8. The summed E-state index contributed by atoms with van der Waals surface area (Å²) in [7, 11) is 1.51. The van der Waals surface area contributed by atoms with Crippen molar-refractivity contribution in [1.82, 2.24) is 9.97 Å². The molecule has 1 heterocycles. The Labute approximate surface area is 141 Å². The highest BCUT2D eigenvalue weighted by atomic mass is 35.5. The number of carbonyl (C=O) groups is 1. The fraction of sp³-hybridized carbons (Fsp3) is 0.154. The summed E-state index contributed by atoms with van der Waals surface area (Å²) in [4.78, 5) is 26.5. The van der Waals surface area contributed by atoms with Crippen molar-refractivity contribution in [3.8, 4) is 17.3 Å². The fourth-order valence-corrected chi connectivity index (χ4v) is 1.96. The lowest BCUT2D eigenvalue weighted by atomic mass is 10.2. The highest BCUT2D eigenvalue weighted by Crippen LogP contribution is 2.29. The Morgan fingerprint density at radius 1 is 1.18 bits per heavy atom. The predicted octanol–water partition coefficient (Wildman–Crippen LogP) is 4.41. The van der Waals surface area contributed by atoms with Gasteiger partial charge in [0.2, 0.25) is 5.88 Å². The third kappa shape index (κ3) is 5.55. The van der Waals surface area contributed by atoms with Crippen LogP contribution in [0.2, 0.25) is 15.2 Å². The van der Waals surface area contributed by atoms with Crippen LogP contribution in [0, 0.1) is 4.91 Å². The van der Waals surface area contributed by atoms with Crippen molar-refractivity contribution in [2.75, 3.05) is 7.11 Å². The quantitative estimate of drug-likeness (QED) is 0.583. The molecule has 0 atom stereocenters. The van der Waals surface area contributed by atoms with Crippen LogP contribution < -0.4 is 4.74 Å². The van der Waals surface area contributed by atoms with Gasteiger partial charge in [0.05, 0.1) is 12.1 Å². The molecule has 0 N–H and O–H groups in total. The lowest BCUT2D eigenvalue weighted by Crippen LogP contribution is -1.94. The molecule has 2 rings (SSSR count). The van der Waals surface area contributed by atoms with Crippen molar-refractivity contribution in [1.29, 1.82) is 0 Å². The van der Waals surface area contributed by atoms with E-state index in [1.165, 1.54) is 13.2 Å². The normalized spacial score (nSPS) is 9.50. The second-order valence-corrected chi connectivity index (χ2v) is 5.02. The fourth-order valence-electron chi connectivity index (χ4n) is 1.29. The second-order valence-electron chi connectivity index (χ2n) is 3.79. The molecule has 0 saturated heterocycles. The number of hydrogen-bond acceptors (Lipinski definition) is 5. The zero-order chi connectivity index (χ0) is 16.7. The molecule has 0 aliphatic carbocycles. The first-order valence-corrected chi connectivity index (χ1v) is 6.88. The highest BCUT2D eigenvalue weighted by molar-refractivity contribution is 6.36. The molecule has 0 aliphatic rings. The van der Waals surface area contributed by atoms with Gasteiger partial charge in [0.1, 0.15) is 5.15 Å². The lowest BCUT2D eigenvalue weighted by Gasteiger charge is -2.06. The molecule has 116 valence electrons. The van der Waals surface area contributed by atoms with Gasteiger partial charge in [-0.1, -0.05) is 34.8 Å². The first-order valence-electron chi connectivity index (χ1n) is 5.75. The van der Waals surface area contributed by atoms with Crippen LogP contribution in [-0.2, 0) is 4.79 Å². The predicted molar refractivity (Wildman–Crippen MR) is 85.5 cm³/mol. The summed E-state index contributed by atoms with van der Waals surface area (Å²) in [6.07, 6.45) is 0. The first-order chi connectivity index (χ1) is 10.4. The van der Waals surface area contributed by atoms with Crippen LogP contribution in [0.4, 0.5) is 0 Å². The van der Waals surface area contributed by atoms with Crippen molar-refractivity contribution < 1.29 is 9.53 Å². The second kappa shape index (κ2) is 8.63. The number of aromatic nitrogens is 2. The molecule has 9 heteroatoms. The lowest BCUT2D eigenvalue weighted by molar-refractivity contribution is -0.115. The summed E-state index contributed by atoms with van der Waals surface area (Å²) in [6.45, 7) is 1.10. The monoisotopic (exact) mass is 361 g/mol. The maximum absolute atomic E-state index is 9.33. The van der Waals surface area contributed by atoms with Crippen LogP contribution in [0.3, 0.4) is 0 Å². The average Bonchev–Trinajstić information content (AvgIpc) is 2.47. The summed E-state index contributed by atoms with van der Waals surface area (Å²) in [5.74, 6) is 0.104. The number of halogens is 3. The Morgan fingerprint density at radius 3 is 2.32 bits per heavy atom. The average molecular weight is 363 g/mol. The van der Waals surface area contributed by atoms with E-state index in [-0.39, 0.29) is 5.15 Å². The van der Waals surface area contributed by atoms with Crippen LogP contribution >= 0.6 is 34.8 Å². The number of rotatable bonds is 2. The van der Waals surface area contributed by atoms with Gasteiger partial charge in [-0.25, -0.2) is 4.98 Å². The van der Waals surface area contributed by atoms with E-state index >= 15 is 0 Å². The molecular formula is C13H10Cl3N3O3. The number of nitrogens with zero attached hydrogens (tertiary/aromatic N) is 3. The van der Waals surface area contributed by atoms with Crippen LogP contribution in [0.15, 0.2) is 29.4 Å². The van der Waals surface area contributed by atoms with Gasteiger partial charge in [0, 0.05) is 28.8 Å². The largest absolute Gasteiger partial charge is 0.481 e. The minimum absolute atomic E-state index is 0.290. The molecule has 1 amide bonds. The molecule has 0 unspecified atom stereocenters. The number of nitroso groups, excluding NO2 is 1. The van der Waals surface area contributed by atoms with E-state index in [0.29, 0.717) is 27.3 Å². The topological polar surface area (TPSA) is 81.5 Å². The van der Waals surface area contributed by atoms with Crippen LogP contribution in [0.5, 0.6) is 5.88 Å². The Bertz CT molecular complexity index is 695. The number of methoxy groups -OCH3 is 1. The van der Waals surface area contributed by atoms with E-state index in [2.05, 4.69) is 9.97 Å². The van der Waals surface area contributed by atoms with Crippen LogP contribution in [0.1, 0.15) is 6.92 Å². The van der Waals surface area contributed by atoms with Crippen molar-refractivity contribution >= 4 is 40.7 Å². The Kier molecular flexibility index (Phi) is 7.17. The molecule has 0 radical (unpaired) electrons. The van der Waals surface area contributed by atoms with Gasteiger partial charge in [-0.15, -0.1) is 4.91 Å². The summed E-state index contributed by atoms with van der Waals surface area (Å²) in [6, 6.07) is 6.58. The van der Waals surface area contributed by atoms with E-state index in [1.54, 1.807) is 18.2 Å². The molecule has 0 aliphatic heterocycles. The summed E-state index contributed by atoms with van der Waals surface area (Å²) in [5, 5.41) is 3.30. The van der Waals surface area contributed by atoms with Crippen LogP contribution in [-0.4, -0.2) is 23.0 Å². The van der Waals surface area contributed by atoms with Gasteiger partial charge in [-0.05, 0) is 18.2 Å². The number of carbonyl (C=O) groups excluding carboxylic acids is 1. The molecule has 0 saturated carbocycles. The molecule has 1 aromatic heterocycles. The smallest absolute Gasteiger partial charge is 0.283 e. The van der Waals surface area contributed by atoms with Gasteiger partial charge in [0.25, 0.3) is 5.91 Å². The molecule has 2 aromatic rings. The standard InChI is InChI=1S/C11H7Cl3N2O.C2H3NO2/c1-17-10-5-9(14)15-11(16-10)7-3-2-6(12)4-8(7)13;1-2(4)3-5/h2-5H,1H3;1H3. The summed E-state index contributed by atoms with van der Waals surface area (Å²) >= 11 is 17.7. The molecule has 6 nitrogen and oxygen atoms in total. The Morgan fingerprint density at radius 2 is 1.82 bits per heavy atom. The highest BCUT2D eigenvalue weighted by Gasteiger charge is 2.10. The van der Waals surface area contributed by atoms with Crippen molar-refractivity contribution in [2.24, 2.45) is 5.18 Å². The van der Waals surface area contributed by atoms with E-state index in [4.69, 9.17) is 44.4 Å². The first kappa shape index (κ1) is 18.3. The van der Waals surface area contributed by atoms with Gasteiger partial charge in [-0.2, -0.15) is 4.98 Å². The minimum atomic E-state index is -0.676. The molecular weight excluding hydrogens is 353 g/mol. The SMILES string of the molecule is CC(=O)N=O.COc1cc(Cl)nc(-c2ccc(Cl)cc2Cl)n1. The van der Waals surface area contributed by atoms with E-state index < -0.39 is 5.91 Å². The summed E-state index contributed by atoms with van der Waals surface area (Å²) < 4.78 is 5.02. The van der Waals surface area contributed by atoms with Gasteiger partial charge in [-0.3, -0.25) is 4.79 Å². The molecule has 1 aromatic carbocycles. The third-order valence-electron chi connectivity index (χ3n) is 2.18. The molecule has 22 heavy (non-hydrogen) atoms. The molecule has 0 fully saturated rings. The maximum atomic E-state index is 9.33. The van der Waals surface area contributed by atoms with E-state index in [9.17, 15) is 4.79 Å². The van der Waals surface area contributed by atoms with Crippen molar-refractivity contribution in [2.45, 2.75) is 6.92 Å². The Hall–Kier alpha value is -1.76. The van der Waals surface area contributed by atoms with Gasteiger partial charge >= 0.3 is 0 Å². The van der Waals surface area contributed by atoms with E-state index in [1.807, 2.05) is 5.18 Å². The number of amides is 1. The molecule has 0 bridgehead atoms. The number of ether oxygens (including phenoxy) is 1. The van der Waals surface area contributed by atoms with Gasteiger partial charge < -0.3 is 4.74 Å². The summed E-state index contributed by atoms with van der Waals surface area (Å²) in [5.41, 5.74) is 0.650. The van der Waals surface area contributed by atoms with Crippen molar-refractivity contribution in [3.63, 3.8) is 0 Å². The Balaban J connectivity index is 0.000000422. The maximum Gasteiger partial charge on any atom is 0.283 e. The van der Waals surface area contributed by atoms with E-state index in [0.717, 1.165) is 6.92 Å². The number of hydrogen-bond donors (Lipinski definition) is 0. The minimum Gasteiger partial charge on any atom is -0.481 e. The van der Waals surface area contributed by atoms with Gasteiger partial charge in [0.15, 0.2) is 5.82 Å².